The summed E-state index contributed by atoms with van der Waals surface area (Å²) in [4.78, 5) is 4.75. The first kappa shape index (κ1) is 20.2. The molecule has 0 spiro atoms. The Kier molecular flexibility index (Phi) is 5.86. The minimum atomic E-state index is -3.36. The molecule has 0 saturated heterocycles. The van der Waals surface area contributed by atoms with Gasteiger partial charge in [0.25, 0.3) is 0 Å². The smallest absolute Gasteiger partial charge is 0.232 e. The Labute approximate surface area is 177 Å². The van der Waals surface area contributed by atoms with Gasteiger partial charge in [0, 0.05) is 22.5 Å². The Hall–Kier alpha value is -3.12. The second-order valence-electron chi connectivity index (χ2n) is 7.50. The molecule has 0 fully saturated rings. The third kappa shape index (κ3) is 4.71. The Bertz CT molecular complexity index is 1200. The van der Waals surface area contributed by atoms with E-state index in [0.29, 0.717) is 12.1 Å². The quantitative estimate of drug-likeness (QED) is 0.375. The van der Waals surface area contributed by atoms with Crippen molar-refractivity contribution in [2.75, 3.05) is 15.8 Å². The van der Waals surface area contributed by atoms with Crippen molar-refractivity contribution in [3.8, 4) is 0 Å². The Morgan fingerprint density at radius 1 is 0.833 bits per heavy atom. The summed E-state index contributed by atoms with van der Waals surface area (Å²) in [5.41, 5.74) is 3.54. The standard InChI is InChI=1S/C24H25N3O2S/c1-18(10-9-17-30(28,29)27-19-11-3-2-4-12-19)25-24-20-13-5-7-15-22(20)26-23-16-8-6-14-21(23)24/h2-8,11-16,18,27H,9-10,17H2,1H3,(H,25,26). The summed E-state index contributed by atoms with van der Waals surface area (Å²) in [5, 5.41) is 5.75. The van der Waals surface area contributed by atoms with Crippen LogP contribution in [0.2, 0.25) is 0 Å². The highest BCUT2D eigenvalue weighted by Gasteiger charge is 2.14. The maximum absolute atomic E-state index is 12.3. The van der Waals surface area contributed by atoms with Gasteiger partial charge in [-0.25, -0.2) is 13.4 Å². The number of aromatic nitrogens is 1. The van der Waals surface area contributed by atoms with Crippen LogP contribution < -0.4 is 10.0 Å². The predicted molar refractivity (Wildman–Crippen MR) is 125 cm³/mol. The first-order valence-electron chi connectivity index (χ1n) is 10.1. The number of nitrogens with one attached hydrogen (secondary N) is 2. The molecular weight excluding hydrogens is 394 g/mol. The number of anilines is 2. The second kappa shape index (κ2) is 8.71. The molecule has 6 heteroatoms. The van der Waals surface area contributed by atoms with E-state index >= 15 is 0 Å². The van der Waals surface area contributed by atoms with E-state index in [1.54, 1.807) is 12.1 Å². The number of pyridine rings is 1. The summed E-state index contributed by atoms with van der Waals surface area (Å²) in [6, 6.07) is 25.3. The van der Waals surface area contributed by atoms with Gasteiger partial charge in [0.05, 0.1) is 22.5 Å². The van der Waals surface area contributed by atoms with Crippen LogP contribution in [0.5, 0.6) is 0 Å². The molecule has 1 atom stereocenters. The van der Waals surface area contributed by atoms with Gasteiger partial charge in [-0.1, -0.05) is 54.6 Å². The molecule has 2 N–H and O–H groups in total. The number of benzene rings is 3. The third-order valence-electron chi connectivity index (χ3n) is 5.08. The van der Waals surface area contributed by atoms with Gasteiger partial charge in [0.2, 0.25) is 10.0 Å². The fraction of sp³-hybridized carbons (Fsp3) is 0.208. The molecular formula is C24H25N3O2S. The Morgan fingerprint density at radius 2 is 1.40 bits per heavy atom. The van der Waals surface area contributed by atoms with E-state index in [1.165, 1.54) is 0 Å². The van der Waals surface area contributed by atoms with Crippen LogP contribution >= 0.6 is 0 Å². The number of sulfonamides is 1. The topological polar surface area (TPSA) is 71.1 Å². The van der Waals surface area contributed by atoms with Gasteiger partial charge in [-0.05, 0) is 44.0 Å². The molecule has 0 saturated carbocycles. The van der Waals surface area contributed by atoms with E-state index in [4.69, 9.17) is 4.98 Å². The van der Waals surface area contributed by atoms with E-state index in [0.717, 1.165) is 33.9 Å². The molecule has 0 aliphatic carbocycles. The van der Waals surface area contributed by atoms with Crippen molar-refractivity contribution < 1.29 is 8.42 Å². The molecule has 4 aromatic rings. The number of rotatable bonds is 8. The molecule has 3 aromatic carbocycles. The minimum absolute atomic E-state index is 0.0890. The molecule has 0 radical (unpaired) electrons. The molecule has 0 aliphatic heterocycles. The summed E-state index contributed by atoms with van der Waals surface area (Å²) in [6.45, 7) is 2.08. The van der Waals surface area contributed by atoms with Crippen LogP contribution in [0.25, 0.3) is 21.8 Å². The maximum Gasteiger partial charge on any atom is 0.232 e. The molecule has 1 heterocycles. The average molecular weight is 420 g/mol. The van der Waals surface area contributed by atoms with Crippen LogP contribution in [0.4, 0.5) is 11.4 Å². The lowest BCUT2D eigenvalue weighted by Gasteiger charge is -2.19. The molecule has 1 aromatic heterocycles. The van der Waals surface area contributed by atoms with Crippen LogP contribution in [-0.2, 0) is 10.0 Å². The molecule has 0 amide bonds. The van der Waals surface area contributed by atoms with Crippen LogP contribution in [0.1, 0.15) is 19.8 Å². The number of nitrogens with zero attached hydrogens (tertiary/aromatic N) is 1. The maximum atomic E-state index is 12.3. The fourth-order valence-corrected chi connectivity index (χ4v) is 4.77. The Balaban J connectivity index is 1.45. The van der Waals surface area contributed by atoms with Crippen LogP contribution in [0.15, 0.2) is 78.9 Å². The number of para-hydroxylation sites is 3. The predicted octanol–water partition coefficient (Wildman–Crippen LogP) is 5.41. The van der Waals surface area contributed by atoms with E-state index in [1.807, 2.05) is 54.6 Å². The van der Waals surface area contributed by atoms with Crippen molar-refractivity contribution in [3.05, 3.63) is 78.9 Å². The van der Waals surface area contributed by atoms with Crippen molar-refractivity contribution in [2.24, 2.45) is 0 Å². The summed E-state index contributed by atoms with van der Waals surface area (Å²) in [6.07, 6.45) is 1.30. The van der Waals surface area contributed by atoms with Gasteiger partial charge in [0.1, 0.15) is 0 Å². The van der Waals surface area contributed by atoms with Crippen molar-refractivity contribution in [2.45, 2.75) is 25.8 Å². The molecule has 0 aliphatic rings. The van der Waals surface area contributed by atoms with Gasteiger partial charge >= 0.3 is 0 Å². The third-order valence-corrected chi connectivity index (χ3v) is 6.45. The van der Waals surface area contributed by atoms with Crippen LogP contribution in [-0.4, -0.2) is 25.2 Å². The lowest BCUT2D eigenvalue weighted by Crippen LogP contribution is -2.20. The van der Waals surface area contributed by atoms with E-state index in [2.05, 4.69) is 29.1 Å². The zero-order valence-electron chi connectivity index (χ0n) is 16.9. The van der Waals surface area contributed by atoms with E-state index < -0.39 is 10.0 Å². The lowest BCUT2D eigenvalue weighted by atomic mass is 10.1. The summed E-state index contributed by atoms with van der Waals surface area (Å²) in [5.74, 6) is 0.0890. The lowest BCUT2D eigenvalue weighted by molar-refractivity contribution is 0.593. The first-order valence-corrected chi connectivity index (χ1v) is 11.8. The zero-order chi connectivity index (χ0) is 21.0. The summed E-state index contributed by atoms with van der Waals surface area (Å²) in [7, 11) is -3.36. The largest absolute Gasteiger partial charge is 0.381 e. The first-order chi connectivity index (χ1) is 14.5. The minimum Gasteiger partial charge on any atom is -0.381 e. The Morgan fingerprint density at radius 3 is 2.03 bits per heavy atom. The van der Waals surface area contributed by atoms with E-state index in [9.17, 15) is 8.42 Å². The summed E-state index contributed by atoms with van der Waals surface area (Å²) >= 11 is 0. The molecule has 5 nitrogen and oxygen atoms in total. The van der Waals surface area contributed by atoms with Gasteiger partial charge in [-0.2, -0.15) is 0 Å². The molecule has 0 bridgehead atoms. The van der Waals surface area contributed by atoms with Crippen LogP contribution in [0.3, 0.4) is 0 Å². The van der Waals surface area contributed by atoms with Gasteiger partial charge in [-0.15, -0.1) is 0 Å². The number of hydrogen-bond donors (Lipinski definition) is 2. The van der Waals surface area contributed by atoms with Crippen molar-refractivity contribution >= 4 is 43.2 Å². The normalized spacial score (nSPS) is 12.7. The molecule has 4 rings (SSSR count). The second-order valence-corrected chi connectivity index (χ2v) is 9.34. The average Bonchev–Trinajstić information content (AvgIpc) is 2.74. The molecule has 1 unspecified atom stereocenters. The highest BCUT2D eigenvalue weighted by molar-refractivity contribution is 7.92. The highest BCUT2D eigenvalue weighted by atomic mass is 32.2. The van der Waals surface area contributed by atoms with Crippen molar-refractivity contribution in [3.63, 3.8) is 0 Å². The van der Waals surface area contributed by atoms with Gasteiger partial charge in [0.15, 0.2) is 0 Å². The molecule has 154 valence electrons. The number of hydrogen-bond acceptors (Lipinski definition) is 4. The zero-order valence-corrected chi connectivity index (χ0v) is 17.7. The van der Waals surface area contributed by atoms with Crippen molar-refractivity contribution in [1.29, 1.82) is 0 Å². The highest BCUT2D eigenvalue weighted by Crippen LogP contribution is 2.31. The van der Waals surface area contributed by atoms with Crippen molar-refractivity contribution in [1.82, 2.24) is 4.98 Å². The molecule has 30 heavy (non-hydrogen) atoms. The summed E-state index contributed by atoms with van der Waals surface area (Å²) < 4.78 is 27.3. The van der Waals surface area contributed by atoms with E-state index in [-0.39, 0.29) is 11.8 Å². The SMILES string of the molecule is CC(CCCS(=O)(=O)Nc1ccccc1)Nc1c2ccccc2nc2ccccc12. The van der Waals surface area contributed by atoms with Gasteiger partial charge < -0.3 is 5.32 Å². The fourth-order valence-electron chi connectivity index (χ4n) is 3.63. The monoisotopic (exact) mass is 419 g/mol. The number of fused-ring (bicyclic) bond motifs is 2. The van der Waals surface area contributed by atoms with Crippen LogP contribution in [0, 0.1) is 0 Å². The van der Waals surface area contributed by atoms with Gasteiger partial charge in [-0.3, -0.25) is 4.72 Å².